The zero-order valence-corrected chi connectivity index (χ0v) is 12.5. The second-order valence-electron chi connectivity index (χ2n) is 5.14. The summed E-state index contributed by atoms with van der Waals surface area (Å²) in [7, 11) is 0. The molecule has 1 aliphatic rings. The van der Waals surface area contributed by atoms with E-state index in [1.165, 1.54) is 25.7 Å². The Morgan fingerprint density at radius 1 is 1.47 bits per heavy atom. The fourth-order valence-electron chi connectivity index (χ4n) is 2.52. The third-order valence-corrected chi connectivity index (χ3v) is 5.11. The van der Waals surface area contributed by atoms with Crippen molar-refractivity contribution in [2.24, 2.45) is 16.8 Å². The number of hydrogen-bond acceptors (Lipinski definition) is 3. The van der Waals surface area contributed by atoms with Crippen molar-refractivity contribution in [3.8, 4) is 0 Å². The first-order valence-electron chi connectivity index (χ1n) is 6.54. The summed E-state index contributed by atoms with van der Waals surface area (Å²) in [5.41, 5.74) is 6.44. The van der Waals surface area contributed by atoms with Crippen molar-refractivity contribution in [3.05, 3.63) is 28.8 Å². The Morgan fingerprint density at radius 3 is 2.95 bits per heavy atom. The van der Waals surface area contributed by atoms with Gasteiger partial charge < -0.3 is 10.9 Å². The molecule has 104 valence electrons. The summed E-state index contributed by atoms with van der Waals surface area (Å²) in [5.74, 6) is 0.903. The van der Waals surface area contributed by atoms with Crippen LogP contribution in [0.3, 0.4) is 0 Å². The van der Waals surface area contributed by atoms with Crippen LogP contribution < -0.4 is 5.73 Å². The summed E-state index contributed by atoms with van der Waals surface area (Å²) in [4.78, 5) is 1.04. The second kappa shape index (κ2) is 6.53. The van der Waals surface area contributed by atoms with Gasteiger partial charge in [0.25, 0.3) is 0 Å². The van der Waals surface area contributed by atoms with Gasteiger partial charge in [0.1, 0.15) is 0 Å². The fraction of sp³-hybridized carbons (Fsp3) is 0.500. The van der Waals surface area contributed by atoms with E-state index >= 15 is 0 Å². The average Bonchev–Trinajstić information content (AvgIpc) is 2.40. The number of halogens is 1. The molecule has 2 rings (SSSR count). The number of nitrogens with zero attached hydrogens (tertiary/aromatic N) is 1. The van der Waals surface area contributed by atoms with Gasteiger partial charge in [0.15, 0.2) is 5.84 Å². The van der Waals surface area contributed by atoms with Crippen LogP contribution in [-0.2, 0) is 0 Å². The molecule has 2 atom stereocenters. The van der Waals surface area contributed by atoms with Gasteiger partial charge in [0, 0.05) is 20.7 Å². The first kappa shape index (κ1) is 14.5. The molecule has 1 aromatic carbocycles. The molecular weight excluding hydrogens is 280 g/mol. The van der Waals surface area contributed by atoms with E-state index < -0.39 is 0 Å². The summed E-state index contributed by atoms with van der Waals surface area (Å²) in [6.45, 7) is 2.30. The number of benzene rings is 1. The molecule has 0 bridgehead atoms. The normalized spacial score (nSPS) is 24.4. The van der Waals surface area contributed by atoms with E-state index in [-0.39, 0.29) is 5.84 Å². The van der Waals surface area contributed by atoms with Gasteiger partial charge in [-0.15, -0.1) is 11.8 Å². The highest BCUT2D eigenvalue weighted by atomic mass is 35.5. The van der Waals surface area contributed by atoms with Crippen LogP contribution in [0.2, 0.25) is 5.02 Å². The van der Waals surface area contributed by atoms with Gasteiger partial charge in [0.05, 0.1) is 0 Å². The quantitative estimate of drug-likeness (QED) is 0.382. The van der Waals surface area contributed by atoms with E-state index in [9.17, 15) is 0 Å². The first-order chi connectivity index (χ1) is 9.10. The Balaban J connectivity index is 2.19. The lowest BCUT2D eigenvalue weighted by Crippen LogP contribution is -2.17. The van der Waals surface area contributed by atoms with Crippen LogP contribution in [0.5, 0.6) is 0 Å². The number of amidine groups is 1. The highest BCUT2D eigenvalue weighted by molar-refractivity contribution is 8.00. The molecule has 3 N–H and O–H groups in total. The SMILES string of the molecule is CC1CCCC(Sc2ccc(Cl)cc2C(N)=NO)C1. The summed E-state index contributed by atoms with van der Waals surface area (Å²) < 4.78 is 0. The van der Waals surface area contributed by atoms with Crippen LogP contribution in [0, 0.1) is 5.92 Å². The molecule has 3 nitrogen and oxygen atoms in total. The molecule has 5 heteroatoms. The van der Waals surface area contributed by atoms with Gasteiger partial charge in [-0.1, -0.05) is 36.5 Å². The second-order valence-corrected chi connectivity index (χ2v) is 6.92. The van der Waals surface area contributed by atoms with Gasteiger partial charge in [-0.05, 0) is 37.0 Å². The van der Waals surface area contributed by atoms with E-state index in [2.05, 4.69) is 12.1 Å². The standard InChI is InChI=1S/C14H19ClN2OS/c1-9-3-2-4-11(7-9)19-13-6-5-10(15)8-12(13)14(16)17-18/h5-6,8-9,11,18H,2-4,7H2,1H3,(H2,16,17). The van der Waals surface area contributed by atoms with Crippen LogP contribution in [0.15, 0.2) is 28.3 Å². The zero-order chi connectivity index (χ0) is 13.8. The van der Waals surface area contributed by atoms with E-state index in [0.29, 0.717) is 10.3 Å². The van der Waals surface area contributed by atoms with Crippen molar-refractivity contribution in [2.75, 3.05) is 0 Å². The van der Waals surface area contributed by atoms with Gasteiger partial charge in [-0.25, -0.2) is 0 Å². The van der Waals surface area contributed by atoms with Crippen molar-refractivity contribution in [2.45, 2.75) is 42.8 Å². The smallest absolute Gasteiger partial charge is 0.171 e. The van der Waals surface area contributed by atoms with E-state index in [4.69, 9.17) is 22.5 Å². The highest BCUT2D eigenvalue weighted by Gasteiger charge is 2.21. The van der Waals surface area contributed by atoms with Crippen molar-refractivity contribution in [3.63, 3.8) is 0 Å². The molecule has 0 aliphatic heterocycles. The number of nitrogens with two attached hydrogens (primary N) is 1. The van der Waals surface area contributed by atoms with Crippen LogP contribution in [0.25, 0.3) is 0 Å². The number of oxime groups is 1. The number of thioether (sulfide) groups is 1. The molecule has 2 unspecified atom stereocenters. The van der Waals surface area contributed by atoms with Crippen LogP contribution in [-0.4, -0.2) is 16.3 Å². The maximum absolute atomic E-state index is 8.86. The topological polar surface area (TPSA) is 58.6 Å². The zero-order valence-electron chi connectivity index (χ0n) is 11.0. The Bertz CT molecular complexity index is 479. The lowest BCUT2D eigenvalue weighted by atomic mass is 9.91. The minimum absolute atomic E-state index is 0.119. The molecule has 0 amide bonds. The minimum Gasteiger partial charge on any atom is -0.409 e. The lowest BCUT2D eigenvalue weighted by Gasteiger charge is -2.26. The third-order valence-electron chi connectivity index (χ3n) is 3.51. The molecular formula is C14H19ClN2OS. The molecule has 0 aromatic heterocycles. The van der Waals surface area contributed by atoms with Crippen LogP contribution in [0.4, 0.5) is 0 Å². The largest absolute Gasteiger partial charge is 0.409 e. The summed E-state index contributed by atoms with van der Waals surface area (Å²) >= 11 is 7.80. The molecule has 0 saturated heterocycles. The molecule has 1 saturated carbocycles. The van der Waals surface area contributed by atoms with Gasteiger partial charge in [-0.2, -0.15) is 0 Å². The van der Waals surface area contributed by atoms with Gasteiger partial charge in [0.2, 0.25) is 0 Å². The first-order valence-corrected chi connectivity index (χ1v) is 7.80. The third kappa shape index (κ3) is 3.80. The Morgan fingerprint density at radius 2 is 2.26 bits per heavy atom. The van der Waals surface area contributed by atoms with E-state index in [0.717, 1.165) is 16.4 Å². The van der Waals surface area contributed by atoms with E-state index in [1.54, 1.807) is 6.07 Å². The molecule has 0 radical (unpaired) electrons. The van der Waals surface area contributed by atoms with Gasteiger partial charge in [-0.3, -0.25) is 0 Å². The molecule has 0 spiro atoms. The maximum atomic E-state index is 8.86. The van der Waals surface area contributed by atoms with Crippen LogP contribution in [0.1, 0.15) is 38.2 Å². The maximum Gasteiger partial charge on any atom is 0.171 e. The Kier molecular flexibility index (Phi) is 4.99. The summed E-state index contributed by atoms with van der Waals surface area (Å²) in [6.07, 6.45) is 5.06. The Labute approximate surface area is 123 Å². The predicted octanol–water partition coefficient (Wildman–Crippen LogP) is 4.11. The van der Waals surface area contributed by atoms with Crippen molar-refractivity contribution in [1.29, 1.82) is 0 Å². The molecule has 19 heavy (non-hydrogen) atoms. The monoisotopic (exact) mass is 298 g/mol. The van der Waals surface area contributed by atoms with E-state index in [1.807, 2.05) is 23.9 Å². The molecule has 1 aromatic rings. The van der Waals surface area contributed by atoms with Crippen molar-refractivity contribution < 1.29 is 5.21 Å². The van der Waals surface area contributed by atoms with Gasteiger partial charge >= 0.3 is 0 Å². The molecule has 0 heterocycles. The highest BCUT2D eigenvalue weighted by Crippen LogP contribution is 2.37. The van der Waals surface area contributed by atoms with Crippen LogP contribution >= 0.6 is 23.4 Å². The molecule has 1 fully saturated rings. The fourth-order valence-corrected chi connectivity index (χ4v) is 4.20. The summed E-state index contributed by atoms with van der Waals surface area (Å²) in [6, 6.07) is 5.56. The average molecular weight is 299 g/mol. The van der Waals surface area contributed by atoms with Crippen molar-refractivity contribution in [1.82, 2.24) is 0 Å². The summed E-state index contributed by atoms with van der Waals surface area (Å²) in [5, 5.41) is 13.2. The molecule has 1 aliphatic carbocycles. The lowest BCUT2D eigenvalue weighted by molar-refractivity contribution is 0.318. The van der Waals surface area contributed by atoms with Crippen molar-refractivity contribution >= 4 is 29.2 Å². The predicted molar refractivity (Wildman–Crippen MR) is 81.2 cm³/mol. The number of hydrogen-bond donors (Lipinski definition) is 2. The Hall–Kier alpha value is -0.870. The minimum atomic E-state index is 0.119. The number of rotatable bonds is 3.